The topological polar surface area (TPSA) is 59.3 Å². The Labute approximate surface area is 118 Å². The molecule has 15 heavy (non-hydrogen) atoms. The second-order valence-electron chi connectivity index (χ2n) is 2.97. The van der Waals surface area contributed by atoms with E-state index < -0.39 is 6.10 Å². The molecule has 0 heterocycles. The van der Waals surface area contributed by atoms with E-state index in [4.69, 9.17) is 14.4 Å². The van der Waals surface area contributed by atoms with Gasteiger partial charge in [0.05, 0.1) is 12.7 Å². The Morgan fingerprint density at radius 1 is 1.67 bits per heavy atom. The number of carbonyl (C=O) groups excluding carboxylic acids is 1. The molecule has 0 saturated carbocycles. The second kappa shape index (κ2) is 12.2. The third kappa shape index (κ3) is 10.4. The van der Waals surface area contributed by atoms with Crippen LogP contribution in [0.25, 0.3) is 0 Å². The first-order valence-corrected chi connectivity index (χ1v) is 5.64. The molecule has 4 nitrogen and oxygen atoms in total. The molecule has 0 amide bonds. The van der Waals surface area contributed by atoms with Gasteiger partial charge >= 0.3 is 35.5 Å². The summed E-state index contributed by atoms with van der Waals surface area (Å²) in [5.74, 6) is -0.239. The number of rotatable bonds is 7. The Hall–Kier alpha value is 0.137. The summed E-state index contributed by atoms with van der Waals surface area (Å²) in [6, 6.07) is 1.98. The van der Waals surface area contributed by atoms with Crippen LogP contribution in [-0.4, -0.2) is 29.2 Å². The van der Waals surface area contributed by atoms with Crippen LogP contribution in [-0.2, 0) is 14.0 Å². The summed E-state index contributed by atoms with van der Waals surface area (Å²) in [5, 5.41) is 8.55. The van der Waals surface area contributed by atoms with Gasteiger partial charge in [-0.05, 0) is 12.8 Å². The number of unbranched alkanes of at least 4 members (excludes halogenated alkanes) is 1. The Morgan fingerprint density at radius 3 is 2.80 bits per heavy atom. The predicted octanol–water partition coefficient (Wildman–Crippen LogP) is -2.58. The third-order valence-corrected chi connectivity index (χ3v) is 2.37. The molecular formula is C9H18NNaO3Si. The quantitative estimate of drug-likeness (QED) is 0.278. The molecular weight excluding hydrogens is 221 g/mol. The van der Waals surface area contributed by atoms with Gasteiger partial charge in [0.2, 0.25) is 0 Å². The zero-order valence-corrected chi connectivity index (χ0v) is 13.8. The van der Waals surface area contributed by atoms with Crippen LogP contribution in [0.1, 0.15) is 34.0 Å². The van der Waals surface area contributed by atoms with Crippen LogP contribution < -0.4 is 29.6 Å². The van der Waals surface area contributed by atoms with E-state index in [9.17, 15) is 4.79 Å². The van der Waals surface area contributed by atoms with Crippen molar-refractivity contribution in [3.8, 4) is 6.07 Å². The van der Waals surface area contributed by atoms with Gasteiger partial charge in [0.1, 0.15) is 16.6 Å². The largest absolute Gasteiger partial charge is 1.00 e. The van der Waals surface area contributed by atoms with Crippen molar-refractivity contribution in [3.05, 3.63) is 0 Å². The fourth-order valence-electron chi connectivity index (χ4n) is 0.887. The fourth-order valence-corrected chi connectivity index (χ4v) is 1.23. The van der Waals surface area contributed by atoms with E-state index in [0.29, 0.717) is 23.5 Å². The number of hydrogen-bond donors (Lipinski definition) is 0. The van der Waals surface area contributed by atoms with Gasteiger partial charge in [-0.3, -0.25) is 4.79 Å². The Balaban J connectivity index is -0.000000845. The summed E-state index contributed by atoms with van der Waals surface area (Å²) < 4.78 is 9.87. The zero-order chi connectivity index (χ0) is 10.8. The van der Waals surface area contributed by atoms with E-state index in [1.807, 2.05) is 13.0 Å². The number of carbonyl (C=O) groups is 1. The fraction of sp³-hybridized carbons (Fsp3) is 0.778. The Bertz CT molecular complexity index is 213. The van der Waals surface area contributed by atoms with Crippen LogP contribution in [0.5, 0.6) is 0 Å². The molecule has 0 bridgehead atoms. The maximum absolute atomic E-state index is 11.1. The van der Waals surface area contributed by atoms with Crippen molar-refractivity contribution in [1.29, 1.82) is 5.26 Å². The molecule has 0 aromatic carbocycles. The van der Waals surface area contributed by atoms with Crippen LogP contribution in [0.2, 0.25) is 0 Å². The van der Waals surface area contributed by atoms with E-state index >= 15 is 0 Å². The van der Waals surface area contributed by atoms with E-state index in [2.05, 4.69) is 0 Å². The molecule has 0 aliphatic rings. The van der Waals surface area contributed by atoms with Gasteiger partial charge in [0, 0.05) is 6.42 Å². The number of hydrogen-bond acceptors (Lipinski definition) is 4. The number of ether oxygens (including phenoxy) is 1. The molecule has 0 rings (SSSR count). The van der Waals surface area contributed by atoms with E-state index in [0.717, 1.165) is 12.8 Å². The third-order valence-electron chi connectivity index (χ3n) is 1.80. The molecule has 0 aromatic rings. The van der Waals surface area contributed by atoms with Gasteiger partial charge in [-0.2, -0.15) is 5.26 Å². The zero-order valence-electron chi connectivity index (χ0n) is 10.8. The summed E-state index contributed by atoms with van der Waals surface area (Å²) in [6.45, 7) is 2.52. The summed E-state index contributed by atoms with van der Waals surface area (Å²) in [4.78, 5) is 11.1. The molecule has 1 atom stereocenters. The van der Waals surface area contributed by atoms with Crippen molar-refractivity contribution in [1.82, 2.24) is 0 Å². The van der Waals surface area contributed by atoms with Crippen molar-refractivity contribution < 1.29 is 44.9 Å². The minimum atomic E-state index is -0.444. The van der Waals surface area contributed by atoms with E-state index in [-0.39, 0.29) is 43.4 Å². The molecule has 1 unspecified atom stereocenters. The van der Waals surface area contributed by atoms with Gasteiger partial charge in [-0.1, -0.05) is 13.3 Å². The average Bonchev–Trinajstić information content (AvgIpc) is 2.20. The first-order valence-electron chi connectivity index (χ1n) is 4.82. The summed E-state index contributed by atoms with van der Waals surface area (Å²) >= 11 is 0. The van der Waals surface area contributed by atoms with Crippen LogP contribution >= 0.6 is 0 Å². The van der Waals surface area contributed by atoms with Gasteiger partial charge in [0.15, 0.2) is 0 Å². The molecule has 82 valence electrons. The molecule has 0 saturated heterocycles. The predicted molar refractivity (Wildman–Crippen MR) is 56.6 cm³/mol. The van der Waals surface area contributed by atoms with Crippen molar-refractivity contribution in [2.75, 3.05) is 6.61 Å². The van der Waals surface area contributed by atoms with Crippen LogP contribution in [0.3, 0.4) is 0 Å². The smallest absolute Gasteiger partial charge is 1.00 e. The van der Waals surface area contributed by atoms with Gasteiger partial charge in [-0.25, -0.2) is 0 Å². The van der Waals surface area contributed by atoms with Gasteiger partial charge in [0.25, 0.3) is 0 Å². The van der Waals surface area contributed by atoms with E-state index in [1.54, 1.807) is 0 Å². The normalized spacial score (nSPS) is 11.2. The monoisotopic (exact) mass is 239 g/mol. The molecule has 0 aliphatic heterocycles. The first kappa shape index (κ1) is 17.5. The summed E-state index contributed by atoms with van der Waals surface area (Å²) in [6.07, 6.45) is 2.16. The second-order valence-corrected chi connectivity index (χ2v) is 3.44. The maximum atomic E-state index is 11.1. The Kier molecular flexibility index (Phi) is 14.3. The average molecular weight is 239 g/mol. The molecule has 0 N–H and O–H groups in total. The van der Waals surface area contributed by atoms with Crippen LogP contribution in [0.4, 0.5) is 0 Å². The minimum absolute atomic E-state index is 0. The summed E-state index contributed by atoms with van der Waals surface area (Å²) in [7, 11) is 0.521. The Morgan fingerprint density at radius 2 is 2.33 bits per heavy atom. The number of nitrogens with zero attached hydrogens (tertiary/aromatic N) is 1. The van der Waals surface area contributed by atoms with Crippen molar-refractivity contribution in [2.45, 2.75) is 38.7 Å². The maximum Gasteiger partial charge on any atom is 1.00 e. The molecule has 0 aliphatic carbocycles. The minimum Gasteiger partial charge on any atom is -1.00 e. The van der Waals surface area contributed by atoms with Crippen molar-refractivity contribution in [2.24, 2.45) is 0 Å². The van der Waals surface area contributed by atoms with Crippen LogP contribution in [0, 0.1) is 11.3 Å². The van der Waals surface area contributed by atoms with Crippen molar-refractivity contribution >= 4 is 16.5 Å². The van der Waals surface area contributed by atoms with Crippen LogP contribution in [0.15, 0.2) is 0 Å². The first-order chi connectivity index (χ1) is 6.74. The molecule has 0 radical (unpaired) electrons. The molecule has 0 fully saturated rings. The molecule has 6 heteroatoms. The molecule has 0 aromatic heterocycles. The number of esters is 1. The van der Waals surface area contributed by atoms with Gasteiger partial charge < -0.3 is 10.6 Å². The number of nitriles is 1. The standard InChI is InChI=1S/C9H17NO3Si.Na.H/c1-2-3-6-12-9(11)5-4-8(7-10)13-14;;/h8H,2-6H2,1,14H3;;/q;+1;-1. The van der Waals surface area contributed by atoms with Gasteiger partial charge in [-0.15, -0.1) is 0 Å². The molecule has 0 spiro atoms. The SMILES string of the molecule is CCCCOC(=O)CCC(C#N)O[SiH3].[H-].[Na+]. The van der Waals surface area contributed by atoms with Crippen molar-refractivity contribution in [3.63, 3.8) is 0 Å². The summed E-state index contributed by atoms with van der Waals surface area (Å²) in [5.41, 5.74) is 0. The van der Waals surface area contributed by atoms with E-state index in [1.165, 1.54) is 0 Å².